The minimum Gasteiger partial charge on any atom is -0.465 e. The molecule has 2 aromatic rings. The zero-order valence-electron chi connectivity index (χ0n) is 25.1. The van der Waals surface area contributed by atoms with Crippen LogP contribution < -0.4 is 10.2 Å². The van der Waals surface area contributed by atoms with E-state index in [0.717, 1.165) is 40.5 Å². The summed E-state index contributed by atoms with van der Waals surface area (Å²) in [6.07, 6.45) is 2.50. The lowest BCUT2D eigenvalue weighted by atomic mass is 9.71. The lowest BCUT2D eigenvalue weighted by molar-refractivity contribution is 0.00168. The molecule has 1 unspecified atom stereocenters. The molecule has 1 atom stereocenters. The minimum absolute atomic E-state index is 0.0354. The summed E-state index contributed by atoms with van der Waals surface area (Å²) in [5, 5.41) is 13.7. The number of carbonyl (C=O) groups is 2. The first-order chi connectivity index (χ1) is 19.2. The molecular weight excluding hydrogens is 548 g/mol. The number of hydrogen-bond acceptors (Lipinski definition) is 5. The molecule has 41 heavy (non-hydrogen) atoms. The number of pyridine rings is 1. The van der Waals surface area contributed by atoms with Gasteiger partial charge < -0.3 is 24.6 Å². The molecule has 4 rings (SSSR count). The van der Waals surface area contributed by atoms with Crippen LogP contribution in [0.4, 0.5) is 19.3 Å². The third kappa shape index (κ3) is 7.19. The molecule has 228 valence electrons. The second-order valence-corrected chi connectivity index (χ2v) is 19.4. The number of anilines is 1. The van der Waals surface area contributed by atoms with Gasteiger partial charge in [0.25, 0.3) is 12.3 Å². The zero-order valence-corrected chi connectivity index (χ0v) is 26.1. The second kappa shape index (κ2) is 12.2. The monoisotopic (exact) mass is 593 g/mol. The number of fused-ring (bicyclic) bond motifs is 3. The normalized spacial score (nSPS) is 20.7. The van der Waals surface area contributed by atoms with Crippen LogP contribution >= 0.6 is 0 Å². The van der Waals surface area contributed by atoms with Crippen LogP contribution in [0.1, 0.15) is 56.8 Å². The number of rotatable bonds is 10. The minimum atomic E-state index is -2.73. The van der Waals surface area contributed by atoms with Gasteiger partial charge >= 0.3 is 6.09 Å². The quantitative estimate of drug-likeness (QED) is 0.256. The molecule has 2 N–H and O–H groups in total. The van der Waals surface area contributed by atoms with Crippen LogP contribution in [0.2, 0.25) is 25.7 Å². The van der Waals surface area contributed by atoms with Gasteiger partial charge in [-0.1, -0.05) is 40.4 Å². The summed E-state index contributed by atoms with van der Waals surface area (Å²) in [6.45, 7) is 13.4. The molecule has 0 aromatic carbocycles. The summed E-state index contributed by atoms with van der Waals surface area (Å²) in [7, 11) is -1.20. The summed E-state index contributed by atoms with van der Waals surface area (Å²) in [6, 6.07) is 2.66. The maximum Gasteiger partial charge on any atom is 0.407 e. The average molecular weight is 594 g/mol. The van der Waals surface area contributed by atoms with Crippen molar-refractivity contribution in [3.63, 3.8) is 0 Å². The van der Waals surface area contributed by atoms with Gasteiger partial charge in [-0.25, -0.2) is 18.6 Å². The summed E-state index contributed by atoms with van der Waals surface area (Å²) in [5.41, 5.74) is 1.67. The number of amides is 2. The van der Waals surface area contributed by atoms with Crippen LogP contribution in [0, 0.1) is 11.3 Å². The fraction of sp³-hybridized carbons (Fsp3) is 0.690. The number of halogens is 2. The molecule has 12 heteroatoms. The number of ether oxygens (including phenoxy) is 1. The standard InChI is InChI=1S/C29H45F2N5O4Si/c1-29(2,3)25(35(28(38)39)16-23(30)31)19-7-9-20(10-8-19)36-17-33-27(37)22-15-32-26-21(24(22)36)11-12-34(26)18-40-13-14-41(4,5)6/h11-12,15,19-20,23,25H,7-10,13-14,16-18H2,1-6H3,(H,33,37)(H,38,39). The molecule has 1 fully saturated rings. The van der Waals surface area contributed by atoms with Crippen LogP contribution in [0.5, 0.6) is 0 Å². The first kappa shape index (κ1) is 31.2. The van der Waals surface area contributed by atoms with Gasteiger partial charge in [0.05, 0.1) is 24.5 Å². The van der Waals surface area contributed by atoms with Crippen molar-refractivity contribution < 1.29 is 28.2 Å². The number of alkyl halides is 2. The molecule has 1 aliphatic heterocycles. The summed E-state index contributed by atoms with van der Waals surface area (Å²) >= 11 is 0. The van der Waals surface area contributed by atoms with Crippen molar-refractivity contribution in [2.24, 2.45) is 11.3 Å². The Labute approximate surface area is 242 Å². The first-order valence-corrected chi connectivity index (χ1v) is 18.3. The Morgan fingerprint density at radius 2 is 1.93 bits per heavy atom. The van der Waals surface area contributed by atoms with E-state index in [1.807, 2.05) is 37.6 Å². The number of nitrogens with one attached hydrogen (secondary N) is 1. The molecule has 0 radical (unpaired) electrons. The van der Waals surface area contributed by atoms with Crippen molar-refractivity contribution >= 4 is 36.8 Å². The van der Waals surface area contributed by atoms with Crippen LogP contribution in [-0.4, -0.2) is 78.0 Å². The van der Waals surface area contributed by atoms with E-state index in [4.69, 9.17) is 4.74 Å². The number of nitrogens with zero attached hydrogens (tertiary/aromatic N) is 4. The number of carbonyl (C=O) groups excluding carboxylic acids is 1. The third-order valence-corrected chi connectivity index (χ3v) is 10.1. The molecule has 3 heterocycles. The van der Waals surface area contributed by atoms with E-state index in [-0.39, 0.29) is 17.9 Å². The van der Waals surface area contributed by atoms with Crippen molar-refractivity contribution in [3.8, 4) is 0 Å². The van der Waals surface area contributed by atoms with Gasteiger partial charge in [-0.2, -0.15) is 0 Å². The molecule has 0 bridgehead atoms. The van der Waals surface area contributed by atoms with E-state index in [2.05, 4.69) is 34.8 Å². The van der Waals surface area contributed by atoms with Gasteiger partial charge in [-0.05, 0) is 49.1 Å². The number of carboxylic acid groups (broad SMARTS) is 1. The fourth-order valence-corrected chi connectivity index (χ4v) is 7.26. The summed E-state index contributed by atoms with van der Waals surface area (Å²) < 4.78 is 34.6. The van der Waals surface area contributed by atoms with Gasteiger partial charge in [0.1, 0.15) is 12.4 Å². The fourth-order valence-electron chi connectivity index (χ4n) is 6.51. The Balaban J connectivity index is 1.54. The van der Waals surface area contributed by atoms with E-state index in [0.29, 0.717) is 38.4 Å². The van der Waals surface area contributed by atoms with Gasteiger partial charge in [0.2, 0.25) is 0 Å². The molecule has 1 saturated carbocycles. The van der Waals surface area contributed by atoms with Crippen molar-refractivity contribution in [3.05, 3.63) is 24.0 Å². The molecule has 0 saturated heterocycles. The van der Waals surface area contributed by atoms with Gasteiger partial charge in [-0.15, -0.1) is 0 Å². The Hall–Kier alpha value is -2.73. The topological polar surface area (TPSA) is 99.9 Å². The average Bonchev–Trinajstić information content (AvgIpc) is 3.29. The summed E-state index contributed by atoms with van der Waals surface area (Å²) in [4.78, 5) is 32.6. The molecule has 2 aromatic heterocycles. The Bertz CT molecular complexity index is 1230. The van der Waals surface area contributed by atoms with Crippen LogP contribution in [0.25, 0.3) is 11.0 Å². The number of aromatic nitrogens is 2. The summed E-state index contributed by atoms with van der Waals surface area (Å²) in [5.74, 6) is -0.192. The van der Waals surface area contributed by atoms with E-state index in [1.54, 1.807) is 6.20 Å². The Morgan fingerprint density at radius 1 is 1.24 bits per heavy atom. The van der Waals surface area contributed by atoms with E-state index < -0.39 is 38.6 Å². The van der Waals surface area contributed by atoms with E-state index in [9.17, 15) is 23.5 Å². The SMILES string of the molecule is CC(C)(C)C(C1CCC(N2CNC(=O)c3cnc4c(ccn4COCC[Si](C)(C)C)c32)CC1)N(CC(F)F)C(=O)O. The maximum absolute atomic E-state index is 13.3. The highest BCUT2D eigenvalue weighted by atomic mass is 28.3. The van der Waals surface area contributed by atoms with Gasteiger partial charge in [0.15, 0.2) is 0 Å². The molecular formula is C29H45F2N5O4Si. The first-order valence-electron chi connectivity index (χ1n) is 14.6. The largest absolute Gasteiger partial charge is 0.465 e. The van der Waals surface area contributed by atoms with Crippen LogP contribution in [-0.2, 0) is 11.5 Å². The Morgan fingerprint density at radius 3 is 2.51 bits per heavy atom. The third-order valence-electron chi connectivity index (χ3n) is 8.36. The lowest BCUT2D eigenvalue weighted by Gasteiger charge is -2.47. The zero-order chi connectivity index (χ0) is 30.1. The van der Waals surface area contributed by atoms with Crippen molar-refractivity contribution in [1.82, 2.24) is 19.8 Å². The highest BCUT2D eigenvalue weighted by molar-refractivity contribution is 6.76. The predicted molar refractivity (Wildman–Crippen MR) is 158 cm³/mol. The number of hydrogen-bond donors (Lipinski definition) is 2. The molecule has 1 aliphatic carbocycles. The van der Waals surface area contributed by atoms with E-state index in [1.165, 1.54) is 0 Å². The van der Waals surface area contributed by atoms with Crippen molar-refractivity contribution in [1.29, 1.82) is 0 Å². The highest BCUT2D eigenvalue weighted by Gasteiger charge is 2.43. The molecule has 0 spiro atoms. The van der Waals surface area contributed by atoms with Crippen molar-refractivity contribution in [2.45, 2.75) is 97.4 Å². The molecule has 2 aliphatic rings. The van der Waals surface area contributed by atoms with E-state index >= 15 is 0 Å². The molecule has 2 amide bonds. The molecule has 9 nitrogen and oxygen atoms in total. The highest BCUT2D eigenvalue weighted by Crippen LogP contribution is 2.42. The lowest BCUT2D eigenvalue weighted by Crippen LogP contribution is -2.55. The van der Waals surface area contributed by atoms with Crippen LogP contribution in [0.3, 0.4) is 0 Å². The second-order valence-electron chi connectivity index (χ2n) is 13.7. The van der Waals surface area contributed by atoms with Gasteiger partial charge in [-0.3, -0.25) is 9.69 Å². The van der Waals surface area contributed by atoms with Crippen molar-refractivity contribution in [2.75, 3.05) is 24.7 Å². The smallest absolute Gasteiger partial charge is 0.407 e. The van der Waals surface area contributed by atoms with Gasteiger partial charge in [0, 0.05) is 44.5 Å². The van der Waals surface area contributed by atoms with Crippen LogP contribution in [0.15, 0.2) is 18.5 Å². The predicted octanol–water partition coefficient (Wildman–Crippen LogP) is 6.07. The Kier molecular flexibility index (Phi) is 9.32. The maximum atomic E-state index is 13.3.